The van der Waals surface area contributed by atoms with E-state index >= 15 is 0 Å². The third kappa shape index (κ3) is 7.28. The zero-order chi connectivity index (χ0) is 21.6. The molecule has 0 aliphatic heterocycles. The summed E-state index contributed by atoms with van der Waals surface area (Å²) in [4.78, 5) is 0. The zero-order valence-corrected chi connectivity index (χ0v) is 17.1. The average Bonchev–Trinajstić information content (AvgIpc) is 2.79. The molecule has 0 radical (unpaired) electrons. The fourth-order valence-electron chi connectivity index (χ4n) is 3.34. The summed E-state index contributed by atoms with van der Waals surface area (Å²) in [5.74, 6) is 0. The van der Waals surface area contributed by atoms with Gasteiger partial charge in [-0.3, -0.25) is 0 Å². The summed E-state index contributed by atoms with van der Waals surface area (Å²) in [5.41, 5.74) is 5.11. The molecule has 0 N–H and O–H groups in total. The lowest BCUT2D eigenvalue weighted by atomic mass is 9.98. The molecular formula is C26H24N4. The number of nitrogens with zero attached hydrogens (tertiary/aromatic N) is 4. The zero-order valence-electron chi connectivity index (χ0n) is 17.1. The van der Waals surface area contributed by atoms with E-state index in [1.165, 1.54) is 97.9 Å². The summed E-state index contributed by atoms with van der Waals surface area (Å²) in [6.07, 6.45) is 10.1. The fraction of sp³-hybridized carbons (Fsp3) is 0.308. The minimum atomic E-state index is -0.440. The largest absolute Gasteiger partial charge is 0.192 e. The van der Waals surface area contributed by atoms with Crippen molar-refractivity contribution in [1.29, 1.82) is 21.0 Å². The van der Waals surface area contributed by atoms with E-state index in [0.717, 1.165) is 0 Å². The van der Waals surface area contributed by atoms with Crippen molar-refractivity contribution in [3.05, 3.63) is 81.9 Å². The molecule has 0 atom stereocenters. The van der Waals surface area contributed by atoms with Crippen LogP contribution in [-0.4, -0.2) is 0 Å². The Morgan fingerprint density at radius 3 is 0.800 bits per heavy atom. The molecule has 0 heterocycles. The highest BCUT2D eigenvalue weighted by Gasteiger charge is 2.02. The van der Waals surface area contributed by atoms with Crippen molar-refractivity contribution >= 4 is 0 Å². The van der Waals surface area contributed by atoms with Crippen LogP contribution in [-0.2, 0) is 25.7 Å². The van der Waals surface area contributed by atoms with Crippen LogP contribution >= 0.6 is 0 Å². The van der Waals surface area contributed by atoms with Crippen molar-refractivity contribution in [2.45, 2.75) is 51.4 Å². The first-order valence-corrected chi connectivity index (χ1v) is 10.2. The molecule has 4 bridgehead atoms. The van der Waals surface area contributed by atoms with Gasteiger partial charge in [0.2, 0.25) is 0 Å². The summed E-state index contributed by atoms with van der Waals surface area (Å²) in [6, 6.07) is 24.3. The van der Waals surface area contributed by atoms with Gasteiger partial charge in [-0.05, 0) is 73.6 Å². The van der Waals surface area contributed by atoms with Crippen molar-refractivity contribution in [1.82, 2.24) is 0 Å². The molecule has 0 unspecified atom stereocenters. The van der Waals surface area contributed by atoms with E-state index < -0.39 is 11.1 Å². The number of hydrogen-bond acceptors (Lipinski definition) is 4. The second kappa shape index (κ2) is 12.6. The number of hydrogen-bond donors (Lipinski definition) is 0. The van der Waals surface area contributed by atoms with Gasteiger partial charge in [0, 0.05) is 0 Å². The van der Waals surface area contributed by atoms with Crippen molar-refractivity contribution in [2.75, 3.05) is 0 Å². The second-order valence-corrected chi connectivity index (χ2v) is 7.24. The first-order valence-electron chi connectivity index (χ1n) is 10.2. The maximum Gasteiger partial charge on any atom is 0.158 e. The maximum atomic E-state index is 8.13. The summed E-state index contributed by atoms with van der Waals surface area (Å²) >= 11 is 0. The summed E-state index contributed by atoms with van der Waals surface area (Å²) in [5, 5.41) is 32.5. The number of benzene rings is 2. The van der Waals surface area contributed by atoms with E-state index in [1.54, 1.807) is 0 Å². The standard InChI is InChI=1S/C20H24.C6N4/c1-2-6-18-13-15-20(16-14-18)8-4-3-7-19-11-9-17(5-1)10-12-19;7-1-5(2-8)6(3-9)4-10/h9-16H,1-8H2;. The van der Waals surface area contributed by atoms with Crippen LogP contribution < -0.4 is 0 Å². The van der Waals surface area contributed by atoms with E-state index in [-0.39, 0.29) is 0 Å². The molecule has 148 valence electrons. The van der Waals surface area contributed by atoms with Crippen molar-refractivity contribution in [3.63, 3.8) is 0 Å². The van der Waals surface area contributed by atoms with Gasteiger partial charge in [-0.1, -0.05) is 48.5 Å². The van der Waals surface area contributed by atoms with E-state index in [1.807, 2.05) is 0 Å². The van der Waals surface area contributed by atoms with Crippen LogP contribution in [0.2, 0.25) is 0 Å². The Bertz CT molecular complexity index is 850. The maximum absolute atomic E-state index is 8.13. The van der Waals surface area contributed by atoms with Crippen molar-refractivity contribution < 1.29 is 0 Å². The van der Waals surface area contributed by atoms with Crippen molar-refractivity contribution in [2.24, 2.45) is 0 Å². The summed E-state index contributed by atoms with van der Waals surface area (Å²) < 4.78 is 0. The van der Waals surface area contributed by atoms with E-state index in [4.69, 9.17) is 21.0 Å². The lowest BCUT2D eigenvalue weighted by Crippen LogP contribution is -1.94. The molecule has 0 fully saturated rings. The van der Waals surface area contributed by atoms with Gasteiger partial charge in [-0.2, -0.15) is 21.0 Å². The van der Waals surface area contributed by atoms with Gasteiger partial charge in [0.25, 0.3) is 0 Å². The second-order valence-electron chi connectivity index (χ2n) is 7.24. The molecular weight excluding hydrogens is 368 g/mol. The van der Waals surface area contributed by atoms with Crippen LogP contribution in [0.5, 0.6) is 0 Å². The highest BCUT2D eigenvalue weighted by atomic mass is 14.3. The number of allylic oxidation sites excluding steroid dienone is 2. The highest BCUT2D eigenvalue weighted by Crippen LogP contribution is 2.15. The molecule has 2 aromatic carbocycles. The van der Waals surface area contributed by atoms with Gasteiger partial charge in [-0.15, -0.1) is 0 Å². The molecule has 0 aromatic heterocycles. The lowest BCUT2D eigenvalue weighted by Gasteiger charge is -2.08. The first kappa shape index (κ1) is 22.4. The minimum Gasteiger partial charge on any atom is -0.192 e. The smallest absolute Gasteiger partial charge is 0.158 e. The van der Waals surface area contributed by atoms with Gasteiger partial charge < -0.3 is 0 Å². The topological polar surface area (TPSA) is 95.2 Å². The molecule has 30 heavy (non-hydrogen) atoms. The van der Waals surface area contributed by atoms with E-state index in [0.29, 0.717) is 0 Å². The van der Waals surface area contributed by atoms with Gasteiger partial charge in [0.15, 0.2) is 11.1 Å². The predicted octanol–water partition coefficient (Wildman–Crippen LogP) is 5.51. The fourth-order valence-corrected chi connectivity index (χ4v) is 3.34. The molecule has 0 spiro atoms. The average molecular weight is 393 g/mol. The third-order valence-corrected chi connectivity index (χ3v) is 5.10. The Morgan fingerprint density at radius 1 is 0.433 bits per heavy atom. The molecule has 4 aliphatic carbocycles. The van der Waals surface area contributed by atoms with Gasteiger partial charge in [-0.25, -0.2) is 0 Å². The molecule has 4 aliphatic rings. The minimum absolute atomic E-state index is 0.440. The van der Waals surface area contributed by atoms with E-state index in [2.05, 4.69) is 48.5 Å². The molecule has 0 amide bonds. The van der Waals surface area contributed by atoms with Gasteiger partial charge in [0.1, 0.15) is 24.3 Å². The van der Waals surface area contributed by atoms with Crippen LogP contribution in [0.4, 0.5) is 0 Å². The van der Waals surface area contributed by atoms with Gasteiger partial charge >= 0.3 is 0 Å². The Labute approximate surface area is 178 Å². The Kier molecular flexibility index (Phi) is 9.40. The van der Waals surface area contributed by atoms with Crippen molar-refractivity contribution in [3.8, 4) is 24.3 Å². The Balaban J connectivity index is 0.000000274. The lowest BCUT2D eigenvalue weighted by molar-refractivity contribution is 0.722. The van der Waals surface area contributed by atoms with Crippen LogP contribution in [0.1, 0.15) is 47.9 Å². The highest BCUT2D eigenvalue weighted by molar-refractivity contribution is 5.52. The molecule has 0 saturated heterocycles. The molecule has 6 rings (SSSR count). The monoisotopic (exact) mass is 392 g/mol. The van der Waals surface area contributed by atoms with E-state index in [9.17, 15) is 0 Å². The van der Waals surface area contributed by atoms with Crippen LogP contribution in [0, 0.1) is 45.3 Å². The molecule has 0 saturated carbocycles. The quantitative estimate of drug-likeness (QED) is 0.552. The Hall–Kier alpha value is -3.86. The van der Waals surface area contributed by atoms with Crippen LogP contribution in [0.15, 0.2) is 59.7 Å². The van der Waals surface area contributed by atoms with Crippen LogP contribution in [0.25, 0.3) is 0 Å². The van der Waals surface area contributed by atoms with Crippen LogP contribution in [0.3, 0.4) is 0 Å². The SMILES string of the molecule is N#CC(C#N)=C(C#N)C#N.c1cc2ccc1CCCCc1ccc(cc1)CCCC2. The number of nitriles is 4. The normalized spacial score (nSPS) is 12.8. The Morgan fingerprint density at radius 2 is 0.633 bits per heavy atom. The summed E-state index contributed by atoms with van der Waals surface area (Å²) in [7, 11) is 0. The van der Waals surface area contributed by atoms with Gasteiger partial charge in [0.05, 0.1) is 0 Å². The number of aryl methyl sites for hydroxylation is 4. The third-order valence-electron chi connectivity index (χ3n) is 5.10. The molecule has 2 aromatic rings. The molecule has 4 heteroatoms. The molecule has 4 nitrogen and oxygen atoms in total. The first-order chi connectivity index (χ1) is 14.7. The number of rotatable bonds is 0. The summed E-state index contributed by atoms with van der Waals surface area (Å²) in [6.45, 7) is 0. The predicted molar refractivity (Wildman–Crippen MR) is 116 cm³/mol.